The summed E-state index contributed by atoms with van der Waals surface area (Å²) in [6.45, 7) is 2.72. The van der Waals surface area contributed by atoms with Gasteiger partial charge in [0.25, 0.3) is 0 Å². The van der Waals surface area contributed by atoms with Gasteiger partial charge in [-0.15, -0.1) is 5.11 Å². The van der Waals surface area contributed by atoms with Crippen molar-refractivity contribution in [3.63, 3.8) is 0 Å². The van der Waals surface area contributed by atoms with Crippen molar-refractivity contribution in [3.05, 3.63) is 48.0 Å². The number of fused-ring (bicyclic) bond motifs is 1. The molecule has 0 spiro atoms. The molecular formula is C19H15N3Na2O8S2. The Balaban J connectivity index is 0.00000289. The Hall–Kier alpha value is -1.39. The first-order valence-electron chi connectivity index (χ1n) is 8.80. The summed E-state index contributed by atoms with van der Waals surface area (Å²) in [6.07, 6.45) is 0. The van der Waals surface area contributed by atoms with Crippen molar-refractivity contribution in [1.82, 2.24) is 0 Å². The summed E-state index contributed by atoms with van der Waals surface area (Å²) in [4.78, 5) is 9.84. The van der Waals surface area contributed by atoms with Crippen LogP contribution in [0.4, 0.5) is 17.1 Å². The minimum absolute atomic E-state index is 0. The molecule has 0 radical (unpaired) electrons. The quantitative estimate of drug-likeness (QED) is 0.154. The predicted molar refractivity (Wildman–Crippen MR) is 111 cm³/mol. The number of hydrogen-bond acceptors (Lipinski definition) is 10. The van der Waals surface area contributed by atoms with E-state index >= 15 is 0 Å². The molecule has 3 aromatic rings. The van der Waals surface area contributed by atoms with Crippen LogP contribution in [-0.4, -0.2) is 37.0 Å². The number of hydrogen-bond donors (Lipinski definition) is 2. The zero-order chi connectivity index (χ0) is 23.8. The van der Waals surface area contributed by atoms with E-state index in [-0.39, 0.29) is 69.9 Å². The fourth-order valence-electron chi connectivity index (χ4n) is 2.98. The van der Waals surface area contributed by atoms with Gasteiger partial charge in [-0.05, 0) is 36.8 Å². The molecule has 0 aliphatic rings. The van der Waals surface area contributed by atoms with Crippen LogP contribution in [0.25, 0.3) is 10.8 Å². The van der Waals surface area contributed by atoms with Crippen molar-refractivity contribution in [2.75, 3.05) is 5.32 Å². The van der Waals surface area contributed by atoms with Crippen molar-refractivity contribution >= 4 is 54.0 Å². The van der Waals surface area contributed by atoms with Gasteiger partial charge < -0.3 is 19.5 Å². The van der Waals surface area contributed by atoms with Crippen molar-refractivity contribution in [3.8, 4) is 5.75 Å². The molecule has 0 saturated carbocycles. The Bertz CT molecular complexity index is 1510. The van der Waals surface area contributed by atoms with Gasteiger partial charge in [-0.1, -0.05) is 18.2 Å². The topological polar surface area (TPSA) is 188 Å². The van der Waals surface area contributed by atoms with Gasteiger partial charge in [-0.25, -0.2) is 16.8 Å². The van der Waals surface area contributed by atoms with E-state index in [1.807, 2.05) is 0 Å². The standard InChI is InChI=1S/C19H17N3O8S2.2Na/c1-10-5-3-4-6-15(10)21-22-17-18(24)13-8-7-12(31(25,26)27)9-14(13)16(20-11(2)23)19(17)32(28,29)30;;/h3-9,24H,1-2H3,(H,20,23)(H,25,26,27)(H,28,29,30);;/q;2*+1/p-2. The third-order valence-corrected chi connectivity index (χ3v) is 6.12. The maximum Gasteiger partial charge on any atom is 1.00 e. The first kappa shape index (κ1) is 30.6. The minimum Gasteiger partial charge on any atom is -0.744 e. The Morgan fingerprint density at radius 3 is 2.09 bits per heavy atom. The molecule has 3 aromatic carbocycles. The smallest absolute Gasteiger partial charge is 0.744 e. The van der Waals surface area contributed by atoms with Crippen LogP contribution in [0, 0.1) is 6.92 Å². The molecule has 34 heavy (non-hydrogen) atoms. The van der Waals surface area contributed by atoms with Crippen LogP contribution in [0.15, 0.2) is 62.5 Å². The number of azo groups is 1. The fraction of sp³-hybridized carbons (Fsp3) is 0.105. The summed E-state index contributed by atoms with van der Waals surface area (Å²) in [5, 5.41) is 20.0. The van der Waals surface area contributed by atoms with E-state index in [0.717, 1.165) is 25.1 Å². The summed E-state index contributed by atoms with van der Waals surface area (Å²) in [5.41, 5.74) is -0.410. The molecule has 15 heteroatoms. The molecule has 0 aliphatic carbocycles. The van der Waals surface area contributed by atoms with Crippen LogP contribution in [0.1, 0.15) is 12.5 Å². The second kappa shape index (κ2) is 11.6. The second-order valence-corrected chi connectivity index (χ2v) is 9.38. The van der Waals surface area contributed by atoms with Gasteiger partial charge in [0.2, 0.25) is 5.91 Å². The number of benzene rings is 3. The normalized spacial score (nSPS) is 11.6. The number of nitrogens with zero attached hydrogens (tertiary/aromatic N) is 2. The summed E-state index contributed by atoms with van der Waals surface area (Å²) in [7, 11) is -10.4. The Morgan fingerprint density at radius 1 is 0.941 bits per heavy atom. The Labute approximate surface area is 239 Å². The fourth-order valence-corrected chi connectivity index (χ4v) is 4.27. The third kappa shape index (κ3) is 6.63. The van der Waals surface area contributed by atoms with Crippen LogP contribution >= 0.6 is 0 Å². The third-order valence-electron chi connectivity index (χ3n) is 4.39. The molecule has 0 bridgehead atoms. The molecule has 0 saturated heterocycles. The molecule has 168 valence electrons. The molecule has 0 fully saturated rings. The van der Waals surface area contributed by atoms with Gasteiger partial charge in [0.05, 0.1) is 16.3 Å². The molecule has 0 heterocycles. The molecule has 0 aliphatic heterocycles. The van der Waals surface area contributed by atoms with Gasteiger partial charge in [0, 0.05) is 17.7 Å². The van der Waals surface area contributed by atoms with Crippen molar-refractivity contribution < 1.29 is 95.0 Å². The van der Waals surface area contributed by atoms with Crippen LogP contribution < -0.4 is 64.4 Å². The van der Waals surface area contributed by atoms with E-state index in [0.29, 0.717) is 11.3 Å². The molecule has 0 atom stereocenters. The maximum absolute atomic E-state index is 12.1. The number of rotatable bonds is 5. The zero-order valence-corrected chi connectivity index (χ0v) is 24.2. The summed E-state index contributed by atoms with van der Waals surface area (Å²) in [5.74, 6) is -1.62. The molecule has 2 N–H and O–H groups in total. The van der Waals surface area contributed by atoms with Crippen LogP contribution in [0.5, 0.6) is 5.75 Å². The molecule has 0 aromatic heterocycles. The SMILES string of the molecule is CC(=O)Nc1c(S(=O)(=O)[O-])c(N=Nc2ccccc2C)c(O)c2ccc(S(=O)(=O)[O-])cc12.[Na+].[Na+]. The van der Waals surface area contributed by atoms with Gasteiger partial charge >= 0.3 is 59.1 Å². The Morgan fingerprint density at radius 2 is 1.56 bits per heavy atom. The van der Waals surface area contributed by atoms with Crippen LogP contribution in [-0.2, 0) is 25.0 Å². The first-order valence-corrected chi connectivity index (χ1v) is 11.6. The summed E-state index contributed by atoms with van der Waals surface area (Å²) >= 11 is 0. The molecule has 3 rings (SSSR count). The number of carbonyl (C=O) groups excluding carboxylic acids is 1. The Kier molecular flexibility index (Phi) is 10.4. The van der Waals surface area contributed by atoms with Crippen molar-refractivity contribution in [1.29, 1.82) is 0 Å². The van der Waals surface area contributed by atoms with Crippen LogP contribution in [0.3, 0.4) is 0 Å². The minimum atomic E-state index is -5.39. The zero-order valence-electron chi connectivity index (χ0n) is 18.6. The number of anilines is 1. The number of nitrogens with one attached hydrogen (secondary N) is 1. The number of aryl methyl sites for hydroxylation is 1. The van der Waals surface area contributed by atoms with E-state index in [4.69, 9.17) is 0 Å². The average molecular weight is 523 g/mol. The number of aromatic hydroxyl groups is 1. The summed E-state index contributed by atoms with van der Waals surface area (Å²) < 4.78 is 70.6. The first-order chi connectivity index (χ1) is 14.8. The molecular weight excluding hydrogens is 508 g/mol. The maximum atomic E-state index is 12.1. The van der Waals surface area contributed by atoms with E-state index in [2.05, 4.69) is 15.5 Å². The number of amides is 1. The van der Waals surface area contributed by atoms with Gasteiger partial charge in [-0.3, -0.25) is 4.79 Å². The average Bonchev–Trinajstić information content (AvgIpc) is 2.67. The molecule has 11 nitrogen and oxygen atoms in total. The second-order valence-electron chi connectivity index (χ2n) is 6.68. The van der Waals surface area contributed by atoms with E-state index in [1.165, 1.54) is 0 Å². The summed E-state index contributed by atoms with van der Waals surface area (Å²) in [6, 6.07) is 9.28. The van der Waals surface area contributed by atoms with Gasteiger partial charge in [0.1, 0.15) is 30.8 Å². The molecule has 0 unspecified atom stereocenters. The van der Waals surface area contributed by atoms with E-state index in [1.54, 1.807) is 31.2 Å². The number of phenols is 1. The van der Waals surface area contributed by atoms with E-state index in [9.17, 15) is 35.8 Å². The van der Waals surface area contributed by atoms with Crippen LogP contribution in [0.2, 0.25) is 0 Å². The van der Waals surface area contributed by atoms with E-state index < -0.39 is 53.1 Å². The largest absolute Gasteiger partial charge is 1.00 e. The predicted octanol–water partition coefficient (Wildman–Crippen LogP) is -2.96. The van der Waals surface area contributed by atoms with Crippen molar-refractivity contribution in [2.45, 2.75) is 23.6 Å². The number of carbonyl (C=O) groups is 1. The van der Waals surface area contributed by atoms with Crippen molar-refractivity contribution in [2.24, 2.45) is 10.2 Å². The number of phenolic OH excluding ortho intramolecular Hbond substituents is 1. The molecule has 1 amide bonds. The van der Waals surface area contributed by atoms with Gasteiger partial charge in [0.15, 0.2) is 5.75 Å². The monoisotopic (exact) mass is 523 g/mol. The van der Waals surface area contributed by atoms with Gasteiger partial charge in [-0.2, -0.15) is 5.11 Å².